The number of hydrogen-bond donors (Lipinski definition) is 2. The molecule has 0 unspecified atom stereocenters. The van der Waals surface area contributed by atoms with Gasteiger partial charge in [0.2, 0.25) is 5.91 Å². The maximum absolute atomic E-state index is 12.5. The summed E-state index contributed by atoms with van der Waals surface area (Å²) in [6, 6.07) is 20.1. The molecule has 4 rings (SSSR count). The van der Waals surface area contributed by atoms with Gasteiger partial charge in [0.05, 0.1) is 0 Å². The third-order valence-electron chi connectivity index (χ3n) is 5.03. The van der Waals surface area contributed by atoms with E-state index in [4.69, 9.17) is 0 Å². The molecule has 0 aromatic heterocycles. The smallest absolute Gasteiger partial charge is 0.285 e. The largest absolute Gasteiger partial charge is 0.339 e. The van der Waals surface area contributed by atoms with Crippen LogP contribution >= 0.6 is 0 Å². The second-order valence-corrected chi connectivity index (χ2v) is 8.77. The number of hydrogen-bond acceptors (Lipinski definition) is 5. The molecule has 0 saturated heterocycles. The molecule has 0 atom stereocenters. The summed E-state index contributed by atoms with van der Waals surface area (Å²) in [4.78, 5) is 25.7. The van der Waals surface area contributed by atoms with E-state index in [-0.39, 0.29) is 22.5 Å². The molecule has 9 heteroatoms. The first-order valence-electron chi connectivity index (χ1n) is 9.72. The lowest BCUT2D eigenvalue weighted by molar-refractivity contribution is -0.116. The number of rotatable bonds is 4. The summed E-state index contributed by atoms with van der Waals surface area (Å²) in [6.45, 7) is 1.48. The summed E-state index contributed by atoms with van der Waals surface area (Å²) < 4.78 is 28.1. The number of nitrogens with one attached hydrogen (secondary N) is 2. The lowest BCUT2D eigenvalue weighted by atomic mass is 10.1. The monoisotopic (exact) mass is 448 g/mol. The molecule has 2 amide bonds. The van der Waals surface area contributed by atoms with Crippen molar-refractivity contribution in [2.75, 3.05) is 22.6 Å². The molecule has 0 aliphatic carbocycles. The zero-order valence-electron chi connectivity index (χ0n) is 17.4. The van der Waals surface area contributed by atoms with E-state index < -0.39 is 10.0 Å². The molecule has 0 saturated carbocycles. The molecule has 3 aromatic rings. The molecule has 8 nitrogen and oxygen atoms in total. The van der Waals surface area contributed by atoms with Gasteiger partial charge in [0.1, 0.15) is 4.90 Å². The number of amides is 2. The summed E-state index contributed by atoms with van der Waals surface area (Å²) in [7, 11) is -2.03. The fourth-order valence-electron chi connectivity index (χ4n) is 3.19. The highest BCUT2D eigenvalue weighted by Gasteiger charge is 2.28. The maximum Gasteiger partial charge on any atom is 0.285 e. The van der Waals surface area contributed by atoms with Crippen LogP contribution in [0.3, 0.4) is 0 Å². The third kappa shape index (κ3) is 4.23. The van der Waals surface area contributed by atoms with Crippen LogP contribution in [0.25, 0.3) is 0 Å². The zero-order chi connectivity index (χ0) is 22.9. The van der Waals surface area contributed by atoms with Crippen LogP contribution in [0.15, 0.2) is 82.1 Å². The fourth-order valence-corrected chi connectivity index (χ4v) is 4.37. The topological polar surface area (TPSA) is 108 Å². The quantitative estimate of drug-likeness (QED) is 0.635. The van der Waals surface area contributed by atoms with Gasteiger partial charge in [-0.15, -0.1) is 4.40 Å². The zero-order valence-corrected chi connectivity index (χ0v) is 18.2. The Morgan fingerprint density at radius 3 is 2.16 bits per heavy atom. The molecule has 0 spiro atoms. The molecule has 1 heterocycles. The van der Waals surface area contributed by atoms with Gasteiger partial charge in [0.15, 0.2) is 5.84 Å². The number of anilines is 3. The van der Waals surface area contributed by atoms with Crippen LogP contribution in [-0.4, -0.2) is 33.1 Å². The summed E-state index contributed by atoms with van der Waals surface area (Å²) in [5.74, 6) is -0.135. The molecule has 3 aromatic carbocycles. The number of carbonyl (C=O) groups excluding carboxylic acids is 2. The Morgan fingerprint density at radius 1 is 0.875 bits per heavy atom. The van der Waals surface area contributed by atoms with Crippen molar-refractivity contribution in [1.82, 2.24) is 0 Å². The molecule has 32 heavy (non-hydrogen) atoms. The molecular weight excluding hydrogens is 428 g/mol. The van der Waals surface area contributed by atoms with E-state index in [2.05, 4.69) is 15.0 Å². The number of sulfonamides is 1. The van der Waals surface area contributed by atoms with Crippen molar-refractivity contribution in [3.05, 3.63) is 83.9 Å². The fraction of sp³-hybridized carbons (Fsp3) is 0.0870. The van der Waals surface area contributed by atoms with Crippen molar-refractivity contribution in [2.45, 2.75) is 11.8 Å². The van der Waals surface area contributed by atoms with Gasteiger partial charge in [0, 0.05) is 42.2 Å². The van der Waals surface area contributed by atoms with E-state index in [1.54, 1.807) is 73.8 Å². The van der Waals surface area contributed by atoms with Gasteiger partial charge in [-0.05, 0) is 60.7 Å². The van der Waals surface area contributed by atoms with Crippen molar-refractivity contribution in [2.24, 2.45) is 4.40 Å². The van der Waals surface area contributed by atoms with Gasteiger partial charge in [0.25, 0.3) is 15.9 Å². The van der Waals surface area contributed by atoms with Gasteiger partial charge in [-0.25, -0.2) is 0 Å². The third-order valence-corrected chi connectivity index (χ3v) is 6.36. The highest BCUT2D eigenvalue weighted by molar-refractivity contribution is 7.90. The minimum atomic E-state index is -3.70. The predicted octanol–water partition coefficient (Wildman–Crippen LogP) is 3.48. The van der Waals surface area contributed by atoms with Gasteiger partial charge < -0.3 is 15.5 Å². The van der Waals surface area contributed by atoms with E-state index >= 15 is 0 Å². The van der Waals surface area contributed by atoms with Crippen LogP contribution in [0.1, 0.15) is 22.8 Å². The van der Waals surface area contributed by atoms with Crippen LogP contribution in [0, 0.1) is 0 Å². The predicted molar refractivity (Wildman–Crippen MR) is 124 cm³/mol. The Balaban J connectivity index is 1.44. The number of nitrogens with zero attached hydrogens (tertiary/aromatic N) is 2. The number of carbonyl (C=O) groups is 2. The number of amidine groups is 1. The van der Waals surface area contributed by atoms with Crippen molar-refractivity contribution in [3.8, 4) is 0 Å². The first kappa shape index (κ1) is 21.3. The second-order valence-electron chi connectivity index (χ2n) is 7.19. The summed E-state index contributed by atoms with van der Waals surface area (Å²) in [6.07, 6.45) is 0. The molecule has 0 fully saturated rings. The van der Waals surface area contributed by atoms with Gasteiger partial charge in [-0.2, -0.15) is 8.42 Å². The second kappa shape index (κ2) is 8.27. The Morgan fingerprint density at radius 2 is 1.50 bits per heavy atom. The maximum atomic E-state index is 12.5. The normalized spacial score (nSPS) is 13.6. The van der Waals surface area contributed by atoms with Crippen LogP contribution in [0.4, 0.5) is 17.1 Å². The number of fused-ring (bicyclic) bond motifs is 1. The van der Waals surface area contributed by atoms with Crippen molar-refractivity contribution in [1.29, 1.82) is 0 Å². The van der Waals surface area contributed by atoms with E-state index in [0.717, 1.165) is 5.69 Å². The molecule has 1 aliphatic heterocycles. The minimum absolute atomic E-state index is 0.0832. The SMILES string of the molecule is CC(=O)N(C)c1ccc(NC(=O)c2ccc(NC3=NS(=O)(=O)c4ccccc43)cc2)cc1. The van der Waals surface area contributed by atoms with E-state index in [0.29, 0.717) is 22.5 Å². The Labute approximate surface area is 185 Å². The minimum Gasteiger partial charge on any atom is -0.339 e. The van der Waals surface area contributed by atoms with Crippen LogP contribution in [-0.2, 0) is 14.8 Å². The average Bonchev–Trinajstić information content (AvgIpc) is 3.04. The van der Waals surface area contributed by atoms with Crippen LogP contribution in [0.2, 0.25) is 0 Å². The molecule has 0 radical (unpaired) electrons. The molecule has 0 bridgehead atoms. The van der Waals surface area contributed by atoms with Crippen LogP contribution < -0.4 is 15.5 Å². The van der Waals surface area contributed by atoms with E-state index in [1.807, 2.05) is 0 Å². The Kier molecular flexibility index (Phi) is 5.50. The highest BCUT2D eigenvalue weighted by Crippen LogP contribution is 2.27. The molecule has 2 N–H and O–H groups in total. The van der Waals surface area contributed by atoms with Crippen molar-refractivity contribution in [3.63, 3.8) is 0 Å². The van der Waals surface area contributed by atoms with Crippen LogP contribution in [0.5, 0.6) is 0 Å². The van der Waals surface area contributed by atoms with E-state index in [9.17, 15) is 18.0 Å². The summed E-state index contributed by atoms with van der Waals surface area (Å²) in [5.41, 5.74) is 2.86. The Bertz CT molecular complexity index is 1330. The lowest BCUT2D eigenvalue weighted by Gasteiger charge is -2.15. The summed E-state index contributed by atoms with van der Waals surface area (Å²) >= 11 is 0. The van der Waals surface area contributed by atoms with E-state index in [1.165, 1.54) is 17.9 Å². The Hall–Kier alpha value is -3.98. The molecule has 162 valence electrons. The highest BCUT2D eigenvalue weighted by atomic mass is 32.2. The molecule has 1 aliphatic rings. The van der Waals surface area contributed by atoms with Gasteiger partial charge >= 0.3 is 0 Å². The number of benzene rings is 3. The summed E-state index contributed by atoms with van der Waals surface area (Å²) in [5, 5.41) is 5.81. The van der Waals surface area contributed by atoms with Crippen molar-refractivity contribution >= 4 is 44.7 Å². The van der Waals surface area contributed by atoms with Gasteiger partial charge in [-0.1, -0.05) is 12.1 Å². The average molecular weight is 449 g/mol. The first-order valence-corrected chi connectivity index (χ1v) is 11.2. The van der Waals surface area contributed by atoms with Gasteiger partial charge in [-0.3, -0.25) is 9.59 Å². The van der Waals surface area contributed by atoms with Crippen molar-refractivity contribution < 1.29 is 18.0 Å². The standard InChI is InChI=1S/C23H20N4O4S/c1-15(28)27(2)19-13-11-18(12-14-19)25-23(29)16-7-9-17(10-8-16)24-22-20-5-3-4-6-21(20)32(30,31)26-22/h3-14H,1-2H3,(H,24,26)(H,25,29). The lowest BCUT2D eigenvalue weighted by Crippen LogP contribution is -2.22. The first-order chi connectivity index (χ1) is 15.2. The molecular formula is C23H20N4O4S.